The van der Waals surface area contributed by atoms with Crippen LogP contribution in [-0.2, 0) is 11.8 Å². The van der Waals surface area contributed by atoms with Crippen molar-refractivity contribution in [2.45, 2.75) is 39.2 Å². The number of carbonyl (C=O) groups is 1. The summed E-state index contributed by atoms with van der Waals surface area (Å²) in [4.78, 5) is 25.4. The molecule has 1 fully saturated rings. The molecule has 1 aromatic carbocycles. The molecule has 3 rings (SSSR count). The monoisotopic (exact) mass is 399 g/mol. The van der Waals surface area contributed by atoms with Crippen molar-refractivity contribution in [3.63, 3.8) is 0 Å². The molecule has 1 aliphatic rings. The Morgan fingerprint density at radius 1 is 1.10 bits per heavy atom. The van der Waals surface area contributed by atoms with Gasteiger partial charge in [-0.3, -0.25) is 4.79 Å². The van der Waals surface area contributed by atoms with Gasteiger partial charge >= 0.3 is 6.09 Å². The van der Waals surface area contributed by atoms with Crippen molar-refractivity contribution in [1.82, 2.24) is 14.7 Å². The first-order chi connectivity index (χ1) is 13.7. The van der Waals surface area contributed by atoms with E-state index in [1.807, 2.05) is 45.0 Å². The van der Waals surface area contributed by atoms with Gasteiger partial charge in [0.05, 0.1) is 12.3 Å². The van der Waals surface area contributed by atoms with E-state index in [2.05, 4.69) is 5.10 Å². The van der Waals surface area contributed by atoms with Crippen LogP contribution in [0.3, 0.4) is 0 Å². The zero-order valence-corrected chi connectivity index (χ0v) is 17.6. The van der Waals surface area contributed by atoms with Crippen LogP contribution >= 0.6 is 0 Å². The number of benzene rings is 1. The van der Waals surface area contributed by atoms with Gasteiger partial charge < -0.3 is 14.4 Å². The summed E-state index contributed by atoms with van der Waals surface area (Å²) in [6.45, 7) is 7.66. The van der Waals surface area contributed by atoms with Gasteiger partial charge in [0.2, 0.25) is 0 Å². The number of ether oxygens (including phenoxy) is 2. The number of likely N-dealkylation sites (tertiary alicyclic amines) is 1. The fourth-order valence-corrected chi connectivity index (χ4v) is 3.20. The van der Waals surface area contributed by atoms with Gasteiger partial charge in [-0.1, -0.05) is 0 Å². The van der Waals surface area contributed by atoms with Gasteiger partial charge in [0.25, 0.3) is 5.56 Å². The molecule has 0 spiro atoms. The van der Waals surface area contributed by atoms with Crippen LogP contribution in [0, 0.1) is 5.92 Å². The first-order valence-electron chi connectivity index (χ1n) is 9.97. The van der Waals surface area contributed by atoms with Crippen molar-refractivity contribution >= 4 is 6.09 Å². The van der Waals surface area contributed by atoms with Gasteiger partial charge in [0.1, 0.15) is 11.4 Å². The summed E-state index contributed by atoms with van der Waals surface area (Å²) in [5.74, 6) is 1.21. The van der Waals surface area contributed by atoms with Crippen molar-refractivity contribution in [3.05, 3.63) is 46.8 Å². The zero-order valence-electron chi connectivity index (χ0n) is 17.6. The molecule has 0 N–H and O–H groups in total. The molecule has 0 atom stereocenters. The second-order valence-corrected chi connectivity index (χ2v) is 8.43. The van der Waals surface area contributed by atoms with E-state index < -0.39 is 5.60 Å². The quantitative estimate of drug-likeness (QED) is 0.787. The third-order valence-corrected chi connectivity index (χ3v) is 4.86. The number of hydrogen-bond donors (Lipinski definition) is 0. The van der Waals surface area contributed by atoms with Gasteiger partial charge in [-0.15, -0.1) is 0 Å². The van der Waals surface area contributed by atoms with Gasteiger partial charge in [0, 0.05) is 31.8 Å². The molecule has 2 aromatic rings. The van der Waals surface area contributed by atoms with Gasteiger partial charge in [0.15, 0.2) is 0 Å². The van der Waals surface area contributed by atoms with E-state index in [0.29, 0.717) is 25.6 Å². The Bertz CT molecular complexity index is 892. The third kappa shape index (κ3) is 5.82. The van der Waals surface area contributed by atoms with Crippen LogP contribution < -0.4 is 10.3 Å². The average Bonchev–Trinajstić information content (AvgIpc) is 2.68. The van der Waals surface area contributed by atoms with E-state index in [1.54, 1.807) is 18.0 Å². The summed E-state index contributed by atoms with van der Waals surface area (Å²) in [5.41, 5.74) is 1.07. The molecule has 0 unspecified atom stereocenters. The molecule has 1 aliphatic heterocycles. The molecule has 1 amide bonds. The van der Waals surface area contributed by atoms with Crippen LogP contribution in [0.25, 0.3) is 11.3 Å². The number of aryl methyl sites for hydroxylation is 1. The number of aromatic nitrogens is 2. The second kappa shape index (κ2) is 8.68. The lowest BCUT2D eigenvalue weighted by molar-refractivity contribution is 0.0165. The van der Waals surface area contributed by atoms with Gasteiger partial charge in [-0.25, -0.2) is 9.48 Å². The fourth-order valence-electron chi connectivity index (χ4n) is 3.20. The predicted octanol–water partition coefficient (Wildman–Crippen LogP) is 3.47. The molecule has 0 saturated carbocycles. The van der Waals surface area contributed by atoms with Crippen molar-refractivity contribution in [3.8, 4) is 17.0 Å². The fraction of sp³-hybridized carbons (Fsp3) is 0.500. The summed E-state index contributed by atoms with van der Waals surface area (Å²) < 4.78 is 12.7. The molecule has 0 aliphatic carbocycles. The lowest BCUT2D eigenvalue weighted by atomic mass is 9.98. The second-order valence-electron chi connectivity index (χ2n) is 8.43. The van der Waals surface area contributed by atoms with Crippen LogP contribution in [0.2, 0.25) is 0 Å². The minimum Gasteiger partial charge on any atom is -0.493 e. The number of carbonyl (C=O) groups excluding carboxylic acids is 1. The molecule has 0 radical (unpaired) electrons. The molecule has 2 heterocycles. The van der Waals surface area contributed by atoms with E-state index in [4.69, 9.17) is 9.47 Å². The summed E-state index contributed by atoms with van der Waals surface area (Å²) in [5, 5.41) is 4.26. The first-order valence-corrected chi connectivity index (χ1v) is 9.97. The number of nitrogens with zero attached hydrogens (tertiary/aromatic N) is 3. The summed E-state index contributed by atoms with van der Waals surface area (Å²) in [6.07, 6.45) is 1.57. The minimum absolute atomic E-state index is 0.133. The maximum Gasteiger partial charge on any atom is 0.410 e. The van der Waals surface area contributed by atoms with Crippen molar-refractivity contribution in [1.29, 1.82) is 0 Å². The maximum absolute atomic E-state index is 12.1. The zero-order chi connectivity index (χ0) is 21.0. The molecule has 1 aromatic heterocycles. The Morgan fingerprint density at radius 2 is 1.76 bits per heavy atom. The van der Waals surface area contributed by atoms with Gasteiger partial charge in [-0.2, -0.15) is 5.10 Å². The Hall–Kier alpha value is -2.83. The molecule has 7 nitrogen and oxygen atoms in total. The maximum atomic E-state index is 12.1. The van der Waals surface area contributed by atoms with E-state index in [-0.39, 0.29) is 11.7 Å². The Kier molecular flexibility index (Phi) is 6.25. The lowest BCUT2D eigenvalue weighted by Gasteiger charge is -2.33. The highest BCUT2D eigenvalue weighted by atomic mass is 16.6. The smallest absolute Gasteiger partial charge is 0.410 e. The highest BCUT2D eigenvalue weighted by Gasteiger charge is 2.27. The Labute approximate surface area is 171 Å². The molecule has 0 bridgehead atoms. The topological polar surface area (TPSA) is 73.7 Å². The highest BCUT2D eigenvalue weighted by molar-refractivity contribution is 5.68. The van der Waals surface area contributed by atoms with E-state index >= 15 is 0 Å². The highest BCUT2D eigenvalue weighted by Crippen LogP contribution is 2.23. The van der Waals surface area contributed by atoms with Crippen molar-refractivity contribution in [2.75, 3.05) is 19.7 Å². The first kappa shape index (κ1) is 20.9. The van der Waals surface area contributed by atoms with E-state index in [0.717, 1.165) is 29.8 Å². The van der Waals surface area contributed by atoms with E-state index in [1.165, 1.54) is 10.7 Å². The van der Waals surface area contributed by atoms with Gasteiger partial charge in [-0.05, 0) is 69.9 Å². The molecule has 1 saturated heterocycles. The molecular formula is C22H29N3O4. The van der Waals surface area contributed by atoms with Crippen LogP contribution in [0.1, 0.15) is 33.6 Å². The van der Waals surface area contributed by atoms with Crippen molar-refractivity contribution in [2.24, 2.45) is 13.0 Å². The molecule has 7 heteroatoms. The Balaban J connectivity index is 1.48. The number of amides is 1. The Morgan fingerprint density at radius 3 is 2.34 bits per heavy atom. The SMILES string of the molecule is Cn1nc(-c2ccc(OCC3CCN(C(=O)OC(C)(C)C)CC3)cc2)ccc1=O. The minimum atomic E-state index is -0.465. The lowest BCUT2D eigenvalue weighted by Crippen LogP contribution is -2.42. The molecule has 29 heavy (non-hydrogen) atoms. The predicted molar refractivity (Wildman–Crippen MR) is 111 cm³/mol. The summed E-state index contributed by atoms with van der Waals surface area (Å²) in [6, 6.07) is 10.9. The van der Waals surface area contributed by atoms with Crippen LogP contribution in [0.4, 0.5) is 4.79 Å². The molecular weight excluding hydrogens is 370 g/mol. The molecule has 156 valence electrons. The largest absolute Gasteiger partial charge is 0.493 e. The summed E-state index contributed by atoms with van der Waals surface area (Å²) >= 11 is 0. The average molecular weight is 399 g/mol. The standard InChI is InChI=1S/C22H29N3O4/c1-22(2,3)29-21(27)25-13-11-16(12-14-25)15-28-18-7-5-17(6-8-18)19-9-10-20(26)24(4)23-19/h5-10,16H,11-15H2,1-4H3. The third-order valence-electron chi connectivity index (χ3n) is 4.86. The van der Waals surface area contributed by atoms with Crippen LogP contribution in [0.5, 0.6) is 5.75 Å². The number of hydrogen-bond acceptors (Lipinski definition) is 5. The number of piperidine rings is 1. The normalized spacial score (nSPS) is 15.2. The van der Waals surface area contributed by atoms with E-state index in [9.17, 15) is 9.59 Å². The van der Waals surface area contributed by atoms with Crippen LogP contribution in [-0.4, -0.2) is 46.1 Å². The van der Waals surface area contributed by atoms with Crippen molar-refractivity contribution < 1.29 is 14.3 Å². The number of rotatable bonds is 4. The summed E-state index contributed by atoms with van der Waals surface area (Å²) in [7, 11) is 1.64. The van der Waals surface area contributed by atoms with Crippen LogP contribution in [0.15, 0.2) is 41.2 Å².